The average molecular weight is 448 g/mol. The number of hydrogen-bond donors (Lipinski definition) is 6. The SMILES string of the molecule is CSCCC(NC(=O)CN)C(=O)NC(CCC(N)=O)C(=O)NC(CC(C)C)C(=O)O. The number of rotatable bonds is 15. The number of aliphatic carboxylic acids is 1. The van der Waals surface area contributed by atoms with Crippen LogP contribution in [0.5, 0.6) is 0 Å². The Morgan fingerprint density at radius 1 is 0.933 bits per heavy atom. The van der Waals surface area contributed by atoms with Gasteiger partial charge in [-0.05, 0) is 37.2 Å². The van der Waals surface area contributed by atoms with Gasteiger partial charge in [0.05, 0.1) is 6.54 Å². The van der Waals surface area contributed by atoms with Gasteiger partial charge in [-0.2, -0.15) is 11.8 Å². The van der Waals surface area contributed by atoms with E-state index in [1.165, 1.54) is 11.8 Å². The Morgan fingerprint density at radius 2 is 1.47 bits per heavy atom. The van der Waals surface area contributed by atoms with Crippen LogP contribution in [0.2, 0.25) is 0 Å². The number of hydrogen-bond acceptors (Lipinski definition) is 7. The first kappa shape index (κ1) is 27.7. The number of carboxylic acid groups (broad SMARTS) is 1. The molecule has 0 heterocycles. The fraction of sp³-hybridized carbons (Fsp3) is 0.722. The Balaban J connectivity index is 5.37. The first-order valence-corrected chi connectivity index (χ1v) is 11.0. The van der Waals surface area contributed by atoms with E-state index >= 15 is 0 Å². The molecule has 8 N–H and O–H groups in total. The minimum Gasteiger partial charge on any atom is -0.480 e. The number of amides is 4. The minimum atomic E-state index is -1.20. The Kier molecular flexibility index (Phi) is 13.5. The zero-order valence-electron chi connectivity index (χ0n) is 17.6. The van der Waals surface area contributed by atoms with Crippen molar-refractivity contribution in [1.29, 1.82) is 0 Å². The molecule has 0 fully saturated rings. The summed E-state index contributed by atoms with van der Waals surface area (Å²) in [6.07, 6.45) is 2.03. The highest BCUT2D eigenvalue weighted by molar-refractivity contribution is 7.98. The van der Waals surface area contributed by atoms with Crippen molar-refractivity contribution < 1.29 is 29.1 Å². The summed E-state index contributed by atoms with van der Waals surface area (Å²) in [6.45, 7) is 3.32. The van der Waals surface area contributed by atoms with E-state index in [0.29, 0.717) is 12.2 Å². The number of carboxylic acids is 1. The molecule has 3 unspecified atom stereocenters. The molecule has 0 rings (SSSR count). The zero-order chi connectivity index (χ0) is 23.3. The molecule has 0 radical (unpaired) electrons. The van der Waals surface area contributed by atoms with E-state index in [4.69, 9.17) is 11.5 Å². The highest BCUT2D eigenvalue weighted by Gasteiger charge is 2.29. The highest BCUT2D eigenvalue weighted by Crippen LogP contribution is 2.08. The number of carbonyl (C=O) groups excluding carboxylic acids is 4. The molecule has 0 aliphatic carbocycles. The molecule has 0 bridgehead atoms. The zero-order valence-corrected chi connectivity index (χ0v) is 18.4. The molecule has 0 spiro atoms. The molecule has 0 aliphatic rings. The third-order valence-electron chi connectivity index (χ3n) is 4.08. The number of thioether (sulfide) groups is 1. The molecule has 4 amide bonds. The summed E-state index contributed by atoms with van der Waals surface area (Å²) in [6, 6.07) is -3.26. The molecular formula is C18H33N5O6S. The summed E-state index contributed by atoms with van der Waals surface area (Å²) in [5.41, 5.74) is 10.4. The Bertz CT molecular complexity index is 616. The van der Waals surface area contributed by atoms with Gasteiger partial charge in [0.1, 0.15) is 18.1 Å². The van der Waals surface area contributed by atoms with Crippen LogP contribution in [0, 0.1) is 5.92 Å². The van der Waals surface area contributed by atoms with Crippen LogP contribution in [0.3, 0.4) is 0 Å². The Labute approximate surface area is 180 Å². The molecule has 0 saturated carbocycles. The fourth-order valence-electron chi connectivity index (χ4n) is 2.55. The second-order valence-electron chi connectivity index (χ2n) is 7.20. The van der Waals surface area contributed by atoms with Crippen LogP contribution in [-0.2, 0) is 24.0 Å². The smallest absolute Gasteiger partial charge is 0.326 e. The summed E-state index contributed by atoms with van der Waals surface area (Å²) in [4.78, 5) is 59.5. The van der Waals surface area contributed by atoms with Gasteiger partial charge in [-0.15, -0.1) is 0 Å². The number of primary amides is 1. The molecule has 11 nitrogen and oxygen atoms in total. The molecule has 30 heavy (non-hydrogen) atoms. The maximum atomic E-state index is 12.7. The van der Waals surface area contributed by atoms with Gasteiger partial charge in [-0.25, -0.2) is 4.79 Å². The van der Waals surface area contributed by atoms with Crippen molar-refractivity contribution in [2.45, 2.75) is 57.7 Å². The Hall–Kier alpha value is -2.34. The second kappa shape index (κ2) is 14.6. The van der Waals surface area contributed by atoms with Crippen molar-refractivity contribution >= 4 is 41.4 Å². The monoisotopic (exact) mass is 447 g/mol. The van der Waals surface area contributed by atoms with Gasteiger partial charge in [0.15, 0.2) is 0 Å². The van der Waals surface area contributed by atoms with Gasteiger partial charge < -0.3 is 32.5 Å². The van der Waals surface area contributed by atoms with E-state index in [0.717, 1.165) is 0 Å². The van der Waals surface area contributed by atoms with E-state index < -0.39 is 47.7 Å². The normalized spacial score (nSPS) is 13.8. The van der Waals surface area contributed by atoms with Crippen molar-refractivity contribution in [2.24, 2.45) is 17.4 Å². The van der Waals surface area contributed by atoms with Gasteiger partial charge >= 0.3 is 5.97 Å². The van der Waals surface area contributed by atoms with Crippen LogP contribution in [0.15, 0.2) is 0 Å². The van der Waals surface area contributed by atoms with Crippen molar-refractivity contribution in [3.63, 3.8) is 0 Å². The predicted molar refractivity (Wildman–Crippen MR) is 113 cm³/mol. The summed E-state index contributed by atoms with van der Waals surface area (Å²) in [5, 5.41) is 16.7. The van der Waals surface area contributed by atoms with E-state index in [1.807, 2.05) is 20.1 Å². The number of nitrogens with two attached hydrogens (primary N) is 2. The van der Waals surface area contributed by atoms with Crippen LogP contribution < -0.4 is 27.4 Å². The standard InChI is InChI=1S/C18H33N5O6S/c1-10(2)8-13(18(28)29)23-16(26)11(4-5-14(20)24)22-17(27)12(6-7-30-3)21-15(25)9-19/h10-13H,4-9,19H2,1-3H3,(H2,20,24)(H,21,25)(H,22,27)(H,23,26)(H,28,29). The highest BCUT2D eigenvalue weighted by atomic mass is 32.2. The lowest BCUT2D eigenvalue weighted by atomic mass is 10.0. The summed E-state index contributed by atoms with van der Waals surface area (Å²) in [7, 11) is 0. The maximum Gasteiger partial charge on any atom is 0.326 e. The molecule has 172 valence electrons. The fourth-order valence-corrected chi connectivity index (χ4v) is 3.02. The van der Waals surface area contributed by atoms with Gasteiger partial charge in [0, 0.05) is 6.42 Å². The number of carbonyl (C=O) groups is 5. The van der Waals surface area contributed by atoms with E-state index in [-0.39, 0.29) is 31.7 Å². The van der Waals surface area contributed by atoms with Gasteiger partial charge in [-0.3, -0.25) is 19.2 Å². The van der Waals surface area contributed by atoms with Gasteiger partial charge in [0.25, 0.3) is 0 Å². The molecule has 0 saturated heterocycles. The topological polar surface area (TPSA) is 194 Å². The average Bonchev–Trinajstić information content (AvgIpc) is 2.66. The van der Waals surface area contributed by atoms with Crippen LogP contribution in [0.4, 0.5) is 0 Å². The van der Waals surface area contributed by atoms with Crippen LogP contribution in [0.25, 0.3) is 0 Å². The quantitative estimate of drug-likeness (QED) is 0.175. The Morgan fingerprint density at radius 3 is 1.90 bits per heavy atom. The molecule has 0 aliphatic heterocycles. The predicted octanol–water partition coefficient (Wildman–Crippen LogP) is -1.45. The largest absolute Gasteiger partial charge is 0.480 e. The molecule has 0 aromatic heterocycles. The summed E-state index contributed by atoms with van der Waals surface area (Å²) >= 11 is 1.47. The van der Waals surface area contributed by atoms with Gasteiger partial charge in [0.2, 0.25) is 23.6 Å². The van der Waals surface area contributed by atoms with Gasteiger partial charge in [-0.1, -0.05) is 13.8 Å². The maximum absolute atomic E-state index is 12.7. The van der Waals surface area contributed by atoms with Crippen molar-refractivity contribution in [3.05, 3.63) is 0 Å². The molecule has 12 heteroatoms. The summed E-state index contributed by atoms with van der Waals surface area (Å²) in [5.74, 6) is -3.21. The molecule has 0 aromatic rings. The second-order valence-corrected chi connectivity index (χ2v) is 8.19. The van der Waals surface area contributed by atoms with Crippen molar-refractivity contribution in [1.82, 2.24) is 16.0 Å². The van der Waals surface area contributed by atoms with Crippen LogP contribution in [-0.4, -0.2) is 71.4 Å². The minimum absolute atomic E-state index is 0.00691. The van der Waals surface area contributed by atoms with E-state index in [9.17, 15) is 29.1 Å². The van der Waals surface area contributed by atoms with Crippen molar-refractivity contribution in [2.75, 3.05) is 18.6 Å². The van der Waals surface area contributed by atoms with E-state index in [1.54, 1.807) is 0 Å². The lowest BCUT2D eigenvalue weighted by Gasteiger charge is -2.24. The van der Waals surface area contributed by atoms with E-state index in [2.05, 4.69) is 16.0 Å². The summed E-state index contributed by atoms with van der Waals surface area (Å²) < 4.78 is 0. The number of nitrogens with one attached hydrogen (secondary N) is 3. The first-order chi connectivity index (χ1) is 14.0. The van der Waals surface area contributed by atoms with Crippen molar-refractivity contribution in [3.8, 4) is 0 Å². The molecular weight excluding hydrogens is 414 g/mol. The third-order valence-corrected chi connectivity index (χ3v) is 4.73. The van der Waals surface area contributed by atoms with Crippen LogP contribution >= 0.6 is 11.8 Å². The molecule has 3 atom stereocenters. The third kappa shape index (κ3) is 11.6. The lowest BCUT2D eigenvalue weighted by Crippen LogP contribution is -2.56. The van der Waals surface area contributed by atoms with Crippen LogP contribution in [0.1, 0.15) is 39.5 Å². The molecule has 0 aromatic carbocycles. The lowest BCUT2D eigenvalue weighted by molar-refractivity contribution is -0.143. The first-order valence-electron chi connectivity index (χ1n) is 9.61.